The number of nitrogens with one attached hydrogen (secondary N) is 3. The lowest BCUT2D eigenvalue weighted by molar-refractivity contribution is 0.0904. The lowest BCUT2D eigenvalue weighted by atomic mass is 9.99. The Labute approximate surface area is 157 Å². The second kappa shape index (κ2) is 6.64. The Morgan fingerprint density at radius 3 is 2.70 bits per heavy atom. The summed E-state index contributed by atoms with van der Waals surface area (Å²) in [6.45, 7) is 4.68. The number of carbonyl (C=O) groups is 1. The van der Waals surface area contributed by atoms with E-state index in [1.807, 2.05) is 30.6 Å². The highest BCUT2D eigenvalue weighted by molar-refractivity contribution is 6.00. The van der Waals surface area contributed by atoms with Crippen molar-refractivity contribution in [2.75, 3.05) is 37.6 Å². The number of hydrazine groups is 1. The SMILES string of the molecule is O=C1NNC2NC(CN3CCN(c4ccncc4)CC3)=Nc3cccc1c32. The van der Waals surface area contributed by atoms with Gasteiger partial charge in [0.1, 0.15) is 12.0 Å². The molecule has 1 fully saturated rings. The monoisotopic (exact) mass is 363 g/mol. The molecular weight excluding hydrogens is 342 g/mol. The molecule has 0 spiro atoms. The van der Waals surface area contributed by atoms with Crippen LogP contribution in [0.5, 0.6) is 0 Å². The van der Waals surface area contributed by atoms with Gasteiger partial charge in [0, 0.05) is 55.4 Å². The van der Waals surface area contributed by atoms with Crippen LogP contribution in [0.1, 0.15) is 22.1 Å². The molecule has 0 aliphatic carbocycles. The molecule has 1 aromatic heterocycles. The van der Waals surface area contributed by atoms with Gasteiger partial charge in [0.25, 0.3) is 5.91 Å². The highest BCUT2D eigenvalue weighted by Crippen LogP contribution is 2.32. The van der Waals surface area contributed by atoms with Gasteiger partial charge in [0.05, 0.1) is 12.2 Å². The summed E-state index contributed by atoms with van der Waals surface area (Å²) in [7, 11) is 0. The van der Waals surface area contributed by atoms with Gasteiger partial charge in [-0.1, -0.05) is 6.07 Å². The van der Waals surface area contributed by atoms with Crippen LogP contribution in [0.4, 0.5) is 11.4 Å². The fourth-order valence-electron chi connectivity index (χ4n) is 3.89. The molecule has 8 heteroatoms. The third-order valence-corrected chi connectivity index (χ3v) is 5.29. The van der Waals surface area contributed by atoms with Crippen molar-refractivity contribution in [2.24, 2.45) is 4.99 Å². The quantitative estimate of drug-likeness (QED) is 0.748. The van der Waals surface area contributed by atoms with E-state index in [0.29, 0.717) is 5.56 Å². The summed E-state index contributed by atoms with van der Waals surface area (Å²) in [5.74, 6) is 0.807. The van der Waals surface area contributed by atoms with Crippen LogP contribution in [0.3, 0.4) is 0 Å². The summed E-state index contributed by atoms with van der Waals surface area (Å²) in [5.41, 5.74) is 9.45. The van der Waals surface area contributed by atoms with Crippen LogP contribution in [-0.4, -0.2) is 54.4 Å². The Morgan fingerprint density at radius 2 is 1.89 bits per heavy atom. The van der Waals surface area contributed by atoms with Crippen molar-refractivity contribution in [3.8, 4) is 0 Å². The summed E-state index contributed by atoms with van der Waals surface area (Å²) < 4.78 is 0. The number of aromatic nitrogens is 1. The maximum Gasteiger partial charge on any atom is 0.265 e. The van der Waals surface area contributed by atoms with Gasteiger partial charge >= 0.3 is 0 Å². The number of hydrogen-bond acceptors (Lipinski definition) is 7. The summed E-state index contributed by atoms with van der Waals surface area (Å²) in [4.78, 5) is 25.6. The first-order chi connectivity index (χ1) is 13.3. The van der Waals surface area contributed by atoms with Gasteiger partial charge in [0.2, 0.25) is 0 Å². The van der Waals surface area contributed by atoms with E-state index >= 15 is 0 Å². The van der Waals surface area contributed by atoms with Crippen LogP contribution in [0.15, 0.2) is 47.7 Å². The largest absolute Gasteiger partial charge is 0.369 e. The molecular formula is C19H21N7O. The third kappa shape index (κ3) is 3.02. The van der Waals surface area contributed by atoms with Crippen LogP contribution < -0.4 is 21.1 Å². The summed E-state index contributed by atoms with van der Waals surface area (Å²) >= 11 is 0. The van der Waals surface area contributed by atoms with Crippen molar-refractivity contribution in [1.82, 2.24) is 26.1 Å². The van der Waals surface area contributed by atoms with Crippen LogP contribution in [0.2, 0.25) is 0 Å². The van der Waals surface area contributed by atoms with Crippen molar-refractivity contribution < 1.29 is 4.79 Å². The van der Waals surface area contributed by atoms with E-state index in [4.69, 9.17) is 4.99 Å². The van der Waals surface area contributed by atoms with Crippen molar-refractivity contribution in [1.29, 1.82) is 0 Å². The second-order valence-electron chi connectivity index (χ2n) is 6.94. The fraction of sp³-hybridized carbons (Fsp3) is 0.316. The summed E-state index contributed by atoms with van der Waals surface area (Å²) in [6, 6.07) is 9.80. The standard InChI is InChI=1S/C19H21N7O/c27-19-14-2-1-3-15-17(14)18(23-24-19)22-16(21-15)12-25-8-10-26(11-9-25)13-4-6-20-7-5-13/h1-7,18,23H,8-12H2,(H,21,22)(H,24,27). The Balaban J connectivity index is 1.28. The van der Waals surface area contributed by atoms with Gasteiger partial charge in [-0.15, -0.1) is 0 Å². The molecule has 1 unspecified atom stereocenters. The first kappa shape index (κ1) is 16.2. The molecule has 1 aromatic carbocycles. The van der Waals surface area contributed by atoms with Gasteiger partial charge in [-0.25, -0.2) is 10.4 Å². The first-order valence-electron chi connectivity index (χ1n) is 9.18. The molecule has 3 aliphatic heterocycles. The highest BCUT2D eigenvalue weighted by Gasteiger charge is 2.31. The zero-order chi connectivity index (χ0) is 18.2. The van der Waals surface area contributed by atoms with E-state index < -0.39 is 0 Å². The number of benzene rings is 1. The molecule has 0 bridgehead atoms. The molecule has 1 amide bonds. The molecule has 8 nitrogen and oxygen atoms in total. The average molecular weight is 363 g/mol. The van der Waals surface area contributed by atoms with E-state index in [1.165, 1.54) is 5.69 Å². The average Bonchev–Trinajstić information content (AvgIpc) is 2.72. The molecule has 0 saturated carbocycles. The first-order valence-corrected chi connectivity index (χ1v) is 9.18. The lowest BCUT2D eigenvalue weighted by Gasteiger charge is -2.38. The minimum Gasteiger partial charge on any atom is -0.369 e. The Kier molecular flexibility index (Phi) is 3.99. The summed E-state index contributed by atoms with van der Waals surface area (Å²) in [6.07, 6.45) is 3.54. The maximum absolute atomic E-state index is 12.0. The fourth-order valence-corrected chi connectivity index (χ4v) is 3.89. The molecule has 27 heavy (non-hydrogen) atoms. The van der Waals surface area contributed by atoms with Gasteiger partial charge in [-0.05, 0) is 24.3 Å². The molecule has 1 atom stereocenters. The van der Waals surface area contributed by atoms with Gasteiger partial charge in [0.15, 0.2) is 0 Å². The molecule has 0 radical (unpaired) electrons. The number of carbonyl (C=O) groups excluding carboxylic acids is 1. The molecule has 1 saturated heterocycles. The minimum absolute atomic E-state index is 0.115. The number of anilines is 1. The molecule has 4 heterocycles. The maximum atomic E-state index is 12.0. The number of piperazine rings is 1. The zero-order valence-electron chi connectivity index (χ0n) is 14.9. The van der Waals surface area contributed by atoms with Crippen LogP contribution in [0, 0.1) is 0 Å². The number of amides is 1. The topological polar surface area (TPSA) is 84.9 Å². The lowest BCUT2D eigenvalue weighted by Crippen LogP contribution is -2.55. The summed E-state index contributed by atoms with van der Waals surface area (Å²) in [5, 5.41) is 3.42. The van der Waals surface area contributed by atoms with Crippen molar-refractivity contribution in [3.05, 3.63) is 53.9 Å². The number of nitrogens with zero attached hydrogens (tertiary/aromatic N) is 4. The molecule has 138 valence electrons. The smallest absolute Gasteiger partial charge is 0.265 e. The minimum atomic E-state index is -0.139. The number of pyridine rings is 1. The highest BCUT2D eigenvalue weighted by atomic mass is 16.2. The van der Waals surface area contributed by atoms with Crippen molar-refractivity contribution in [2.45, 2.75) is 6.17 Å². The Morgan fingerprint density at radius 1 is 1.07 bits per heavy atom. The van der Waals surface area contributed by atoms with Crippen LogP contribution in [-0.2, 0) is 0 Å². The number of hydrogen-bond donors (Lipinski definition) is 3. The second-order valence-corrected chi connectivity index (χ2v) is 6.94. The molecule has 3 aliphatic rings. The zero-order valence-corrected chi connectivity index (χ0v) is 14.9. The molecule has 5 rings (SSSR count). The van der Waals surface area contributed by atoms with Crippen molar-refractivity contribution >= 4 is 23.1 Å². The Bertz CT molecular complexity index is 890. The molecule has 3 N–H and O–H groups in total. The number of amidine groups is 1. The van der Waals surface area contributed by atoms with Gasteiger partial charge in [-0.3, -0.25) is 20.1 Å². The third-order valence-electron chi connectivity index (χ3n) is 5.29. The van der Waals surface area contributed by atoms with Crippen LogP contribution >= 0.6 is 0 Å². The van der Waals surface area contributed by atoms with Crippen LogP contribution in [0.25, 0.3) is 0 Å². The normalized spacial score (nSPS) is 21.8. The predicted octanol–water partition coefficient (Wildman–Crippen LogP) is 0.784. The van der Waals surface area contributed by atoms with E-state index in [-0.39, 0.29) is 12.1 Å². The number of aliphatic imine (C=N–C) groups is 1. The van der Waals surface area contributed by atoms with E-state index in [2.05, 4.69) is 43.1 Å². The predicted molar refractivity (Wildman–Crippen MR) is 103 cm³/mol. The van der Waals surface area contributed by atoms with Gasteiger partial charge < -0.3 is 10.2 Å². The molecule has 2 aromatic rings. The van der Waals surface area contributed by atoms with E-state index in [0.717, 1.165) is 49.8 Å². The van der Waals surface area contributed by atoms with Crippen molar-refractivity contribution in [3.63, 3.8) is 0 Å². The number of rotatable bonds is 3. The van der Waals surface area contributed by atoms with E-state index in [9.17, 15) is 4.79 Å². The van der Waals surface area contributed by atoms with E-state index in [1.54, 1.807) is 0 Å². The van der Waals surface area contributed by atoms with Gasteiger partial charge in [-0.2, -0.15) is 0 Å². The Hall–Kier alpha value is -2.97.